The Labute approximate surface area is 214 Å². The number of nitrogens with one attached hydrogen (secondary N) is 3. The monoisotopic (exact) mass is 513 g/mol. The van der Waals surface area contributed by atoms with Crippen LogP contribution >= 0.6 is 23.8 Å². The molecule has 4 rings (SSSR count). The normalized spacial score (nSPS) is 13.6. The molecule has 1 heterocycles. The van der Waals surface area contributed by atoms with Gasteiger partial charge in [-0.3, -0.25) is 10.9 Å². The van der Waals surface area contributed by atoms with Gasteiger partial charge in [-0.2, -0.15) is 0 Å². The van der Waals surface area contributed by atoms with Crippen LogP contribution in [0.15, 0.2) is 66.7 Å². The van der Waals surface area contributed by atoms with Gasteiger partial charge in [-0.05, 0) is 86.2 Å². The number of benzene rings is 3. The van der Waals surface area contributed by atoms with Gasteiger partial charge in [-0.1, -0.05) is 23.7 Å². The molecule has 0 fully saturated rings. The van der Waals surface area contributed by atoms with Crippen LogP contribution in [0.4, 0.5) is 10.1 Å². The summed E-state index contributed by atoms with van der Waals surface area (Å²) in [4.78, 5) is 0. The van der Waals surface area contributed by atoms with Gasteiger partial charge in [0.2, 0.25) is 0 Å². The summed E-state index contributed by atoms with van der Waals surface area (Å²) in [5, 5.41) is 3.91. The summed E-state index contributed by atoms with van der Waals surface area (Å²) < 4.78 is 30.3. The van der Waals surface area contributed by atoms with Gasteiger partial charge in [0.15, 0.2) is 5.11 Å². The number of hydrogen-bond donors (Lipinski definition) is 3. The third kappa shape index (κ3) is 6.35. The fourth-order valence-electron chi connectivity index (χ4n) is 3.52. The van der Waals surface area contributed by atoms with Crippen molar-refractivity contribution in [2.45, 2.75) is 26.1 Å². The number of rotatable bonds is 7. The summed E-state index contributed by atoms with van der Waals surface area (Å²) in [5.41, 5.74) is 8.81. The highest BCUT2D eigenvalue weighted by Crippen LogP contribution is 2.37. The van der Waals surface area contributed by atoms with Crippen LogP contribution in [-0.4, -0.2) is 17.8 Å². The number of hydrazine groups is 1. The van der Waals surface area contributed by atoms with Crippen molar-refractivity contribution in [1.29, 1.82) is 0 Å². The van der Waals surface area contributed by atoms with Crippen LogP contribution in [0.25, 0.3) is 5.70 Å². The molecule has 1 aliphatic heterocycles. The van der Waals surface area contributed by atoms with Crippen molar-refractivity contribution in [2.24, 2.45) is 0 Å². The Hall–Kier alpha value is -3.49. The molecule has 0 amide bonds. The largest absolute Gasteiger partial charge is 0.495 e. The van der Waals surface area contributed by atoms with Crippen LogP contribution in [0.1, 0.15) is 25.0 Å². The minimum atomic E-state index is -0.536. The maximum Gasteiger partial charge on any atom is 0.189 e. The maximum absolute atomic E-state index is 13.1. The molecule has 3 N–H and O–H groups in total. The Morgan fingerprint density at radius 1 is 1.09 bits per heavy atom. The molecule has 0 aromatic heterocycles. The third-order valence-electron chi connectivity index (χ3n) is 5.15. The van der Waals surface area contributed by atoms with E-state index in [1.165, 1.54) is 12.1 Å². The van der Waals surface area contributed by atoms with Crippen LogP contribution in [0.2, 0.25) is 5.02 Å². The Morgan fingerprint density at radius 3 is 2.57 bits per heavy atom. The first kappa shape index (κ1) is 24.6. The molecule has 0 atom stereocenters. The van der Waals surface area contributed by atoms with Gasteiger partial charge < -0.3 is 19.5 Å². The number of halogens is 2. The number of hydrogen-bond acceptors (Lipinski definition) is 5. The van der Waals surface area contributed by atoms with E-state index in [1.807, 2.05) is 44.2 Å². The van der Waals surface area contributed by atoms with Crippen molar-refractivity contribution in [3.05, 3.63) is 88.7 Å². The Kier molecular flexibility index (Phi) is 7.33. The summed E-state index contributed by atoms with van der Waals surface area (Å²) in [7, 11) is 1.56. The molecule has 6 nitrogen and oxygen atoms in total. The lowest BCUT2D eigenvalue weighted by atomic mass is 9.99. The Morgan fingerprint density at radius 2 is 1.86 bits per heavy atom. The summed E-state index contributed by atoms with van der Waals surface area (Å²) in [6.07, 6.45) is 1.96. The molecule has 3 aromatic carbocycles. The number of ether oxygens (including phenoxy) is 3. The van der Waals surface area contributed by atoms with E-state index in [2.05, 4.69) is 16.2 Å². The molecule has 0 saturated carbocycles. The predicted molar refractivity (Wildman–Crippen MR) is 140 cm³/mol. The fourth-order valence-corrected chi connectivity index (χ4v) is 3.94. The Bertz CT molecular complexity index is 1270. The molecule has 9 heteroatoms. The van der Waals surface area contributed by atoms with Gasteiger partial charge in [0.1, 0.15) is 35.3 Å². The van der Waals surface area contributed by atoms with E-state index in [9.17, 15) is 4.39 Å². The van der Waals surface area contributed by atoms with Crippen LogP contribution < -0.4 is 30.4 Å². The van der Waals surface area contributed by atoms with E-state index in [4.69, 9.17) is 38.0 Å². The first-order chi connectivity index (χ1) is 16.7. The van der Waals surface area contributed by atoms with Crippen LogP contribution in [-0.2, 0) is 6.61 Å². The van der Waals surface area contributed by atoms with Crippen LogP contribution in [0.5, 0.6) is 17.2 Å². The lowest BCUT2D eigenvalue weighted by molar-refractivity contribution is 0.157. The smallest absolute Gasteiger partial charge is 0.189 e. The second-order valence-electron chi connectivity index (χ2n) is 8.39. The van der Waals surface area contributed by atoms with Crippen molar-refractivity contribution in [1.82, 2.24) is 10.9 Å². The summed E-state index contributed by atoms with van der Waals surface area (Å²) >= 11 is 11.6. The van der Waals surface area contributed by atoms with E-state index < -0.39 is 5.60 Å². The standard InChI is InChI=1S/C26H25ClFN3O3S/c1-26(2)14-22(30-31-25(35)29-18-8-10-24(32-3)21(27)12-18)20-13-19(9-11-23(20)34-26)33-15-16-4-6-17(28)7-5-16/h4-14,30H,15H2,1-3H3,(H2,29,31,35). The molecule has 3 aromatic rings. The lowest BCUT2D eigenvalue weighted by Gasteiger charge is -2.32. The first-order valence-electron chi connectivity index (χ1n) is 10.8. The van der Waals surface area contributed by atoms with E-state index >= 15 is 0 Å². The zero-order chi connectivity index (χ0) is 25.0. The van der Waals surface area contributed by atoms with Crippen molar-refractivity contribution < 1.29 is 18.6 Å². The molecule has 0 spiro atoms. The SMILES string of the molecule is COc1ccc(NC(=S)NNC2=CC(C)(C)Oc3ccc(OCc4ccc(F)cc4)cc32)cc1Cl. The highest BCUT2D eigenvalue weighted by Gasteiger charge is 2.27. The zero-order valence-corrected chi connectivity index (χ0v) is 21.0. The molecule has 35 heavy (non-hydrogen) atoms. The van der Waals surface area contributed by atoms with Crippen LogP contribution in [0.3, 0.4) is 0 Å². The fraction of sp³-hybridized carbons (Fsp3) is 0.192. The van der Waals surface area contributed by atoms with Gasteiger partial charge in [-0.25, -0.2) is 4.39 Å². The van der Waals surface area contributed by atoms with Gasteiger partial charge >= 0.3 is 0 Å². The molecule has 1 aliphatic rings. The maximum atomic E-state index is 13.1. The van der Waals surface area contributed by atoms with Crippen molar-refractivity contribution in [3.63, 3.8) is 0 Å². The predicted octanol–water partition coefficient (Wildman–Crippen LogP) is 6.07. The number of thiocarbonyl (C=S) groups is 1. The van der Waals surface area contributed by atoms with Crippen molar-refractivity contribution >= 4 is 40.3 Å². The second-order valence-corrected chi connectivity index (χ2v) is 9.21. The minimum Gasteiger partial charge on any atom is -0.495 e. The molecular formula is C26H25ClFN3O3S. The van der Waals surface area contributed by atoms with Crippen molar-refractivity contribution in [3.8, 4) is 17.2 Å². The Balaban J connectivity index is 1.44. The van der Waals surface area contributed by atoms with Gasteiger partial charge in [-0.15, -0.1) is 0 Å². The van der Waals surface area contributed by atoms with E-state index in [1.54, 1.807) is 31.4 Å². The number of fused-ring (bicyclic) bond motifs is 1. The summed E-state index contributed by atoms with van der Waals surface area (Å²) in [6, 6.07) is 17.1. The second kappa shape index (κ2) is 10.4. The van der Waals surface area contributed by atoms with Gasteiger partial charge in [0.25, 0.3) is 0 Å². The van der Waals surface area contributed by atoms with Gasteiger partial charge in [0.05, 0.1) is 17.8 Å². The molecular weight excluding hydrogens is 489 g/mol. The number of methoxy groups -OCH3 is 1. The summed E-state index contributed by atoms with van der Waals surface area (Å²) in [5.74, 6) is 1.66. The van der Waals surface area contributed by atoms with E-state index in [0.29, 0.717) is 39.7 Å². The topological polar surface area (TPSA) is 63.8 Å². The zero-order valence-electron chi connectivity index (χ0n) is 19.4. The van der Waals surface area contributed by atoms with Crippen molar-refractivity contribution in [2.75, 3.05) is 12.4 Å². The van der Waals surface area contributed by atoms with Gasteiger partial charge in [0, 0.05) is 11.3 Å². The average molecular weight is 514 g/mol. The first-order valence-corrected chi connectivity index (χ1v) is 11.6. The van der Waals surface area contributed by atoms with E-state index in [0.717, 1.165) is 16.8 Å². The lowest BCUT2D eigenvalue weighted by Crippen LogP contribution is -2.41. The third-order valence-corrected chi connectivity index (χ3v) is 5.64. The highest BCUT2D eigenvalue weighted by molar-refractivity contribution is 7.80. The van der Waals surface area contributed by atoms with Crippen LogP contribution in [0, 0.1) is 5.82 Å². The molecule has 0 aliphatic carbocycles. The summed E-state index contributed by atoms with van der Waals surface area (Å²) in [6.45, 7) is 4.24. The molecule has 182 valence electrons. The minimum absolute atomic E-state index is 0.279. The average Bonchev–Trinajstić information content (AvgIpc) is 2.82. The molecule has 0 saturated heterocycles. The molecule has 0 bridgehead atoms. The quantitative estimate of drug-likeness (QED) is 0.262. The molecule has 0 unspecified atom stereocenters. The highest BCUT2D eigenvalue weighted by atomic mass is 35.5. The number of anilines is 1. The molecule has 0 radical (unpaired) electrons. The van der Waals surface area contributed by atoms with E-state index in [-0.39, 0.29) is 5.82 Å².